The first kappa shape index (κ1) is 21.3. The van der Waals surface area contributed by atoms with Crippen molar-refractivity contribution in [1.82, 2.24) is 14.3 Å². The summed E-state index contributed by atoms with van der Waals surface area (Å²) in [6.45, 7) is 0.681. The second-order valence-corrected chi connectivity index (χ2v) is 8.90. The summed E-state index contributed by atoms with van der Waals surface area (Å²) in [5.41, 5.74) is 5.88. The van der Waals surface area contributed by atoms with Crippen LogP contribution >= 0.6 is 12.2 Å². The van der Waals surface area contributed by atoms with Gasteiger partial charge in [-0.15, -0.1) is 0 Å². The fourth-order valence-electron chi connectivity index (χ4n) is 3.02. The summed E-state index contributed by atoms with van der Waals surface area (Å²) in [7, 11) is -1.95. The Morgan fingerprint density at radius 2 is 2.14 bits per heavy atom. The number of aromatic nitrogens is 2. The Bertz CT molecular complexity index is 1070. The molecule has 156 valence electrons. The number of nitrogens with zero attached hydrogens (tertiary/aromatic N) is 3. The van der Waals surface area contributed by atoms with Crippen LogP contribution in [0.4, 0.5) is 20.5 Å². The van der Waals surface area contributed by atoms with Crippen LogP contribution in [0.15, 0.2) is 18.3 Å². The molecular weight excluding hydrogens is 424 g/mol. The van der Waals surface area contributed by atoms with Gasteiger partial charge < -0.3 is 15.8 Å². The monoisotopic (exact) mass is 443 g/mol. The second-order valence-electron chi connectivity index (χ2n) is 6.51. The van der Waals surface area contributed by atoms with Crippen LogP contribution in [0, 0.1) is 11.6 Å². The van der Waals surface area contributed by atoms with Gasteiger partial charge in [0.15, 0.2) is 11.6 Å². The van der Waals surface area contributed by atoms with Crippen LogP contribution < -0.4 is 15.8 Å². The van der Waals surface area contributed by atoms with Crippen molar-refractivity contribution in [2.45, 2.75) is 12.5 Å². The topological polar surface area (TPSA) is 110 Å². The Morgan fingerprint density at radius 3 is 2.72 bits per heavy atom. The molecule has 0 spiro atoms. The molecular formula is C17H19F2N5O3S2. The normalized spacial score (nSPS) is 17.3. The van der Waals surface area contributed by atoms with Gasteiger partial charge in [0, 0.05) is 25.3 Å². The average Bonchev–Trinajstić information content (AvgIpc) is 3.12. The van der Waals surface area contributed by atoms with E-state index in [2.05, 4.69) is 15.3 Å². The maximum absolute atomic E-state index is 14.3. The average molecular weight is 444 g/mol. The summed E-state index contributed by atoms with van der Waals surface area (Å²) < 4.78 is 57.6. The van der Waals surface area contributed by atoms with Crippen molar-refractivity contribution in [3.63, 3.8) is 0 Å². The number of benzene rings is 1. The molecule has 0 bridgehead atoms. The zero-order chi connectivity index (χ0) is 21.3. The number of halogens is 2. The SMILES string of the molecule is COc1ccc(F)c(F)c1C(=S)c1cnc(NC2CCN(S(C)(=O)=O)C2)nc1N. The summed E-state index contributed by atoms with van der Waals surface area (Å²) in [6, 6.07) is 2.03. The van der Waals surface area contributed by atoms with Gasteiger partial charge in [0.2, 0.25) is 16.0 Å². The number of rotatable bonds is 6. The molecule has 3 rings (SSSR count). The quantitative estimate of drug-likeness (QED) is 0.511. The molecule has 1 atom stereocenters. The Morgan fingerprint density at radius 1 is 1.41 bits per heavy atom. The molecule has 8 nitrogen and oxygen atoms in total. The maximum atomic E-state index is 14.3. The number of hydrogen-bond donors (Lipinski definition) is 2. The molecule has 0 saturated carbocycles. The summed E-state index contributed by atoms with van der Waals surface area (Å²) >= 11 is 5.28. The molecule has 0 aliphatic carbocycles. The maximum Gasteiger partial charge on any atom is 0.224 e. The third-order valence-electron chi connectivity index (χ3n) is 4.52. The Hall–Kier alpha value is -2.44. The number of anilines is 2. The van der Waals surface area contributed by atoms with Gasteiger partial charge in [-0.2, -0.15) is 4.98 Å². The molecule has 12 heteroatoms. The third-order valence-corrected chi connectivity index (χ3v) is 6.21. The largest absolute Gasteiger partial charge is 0.496 e. The number of ether oxygens (including phenoxy) is 1. The predicted octanol–water partition coefficient (Wildman–Crippen LogP) is 1.56. The lowest BCUT2D eigenvalue weighted by Crippen LogP contribution is -2.31. The van der Waals surface area contributed by atoms with Gasteiger partial charge in [-0.1, -0.05) is 12.2 Å². The van der Waals surface area contributed by atoms with Crippen LogP contribution in [0.2, 0.25) is 0 Å². The molecule has 1 aliphatic heterocycles. The molecule has 1 unspecified atom stereocenters. The molecule has 1 aromatic carbocycles. The third kappa shape index (κ3) is 4.43. The van der Waals surface area contributed by atoms with E-state index in [9.17, 15) is 17.2 Å². The zero-order valence-electron chi connectivity index (χ0n) is 15.6. The molecule has 2 aromatic rings. The first-order chi connectivity index (χ1) is 13.6. The number of sulfonamides is 1. The summed E-state index contributed by atoms with van der Waals surface area (Å²) in [6.07, 6.45) is 3.04. The number of nitrogens with one attached hydrogen (secondary N) is 1. The highest BCUT2D eigenvalue weighted by Gasteiger charge is 2.29. The minimum atomic E-state index is -3.27. The fourth-order valence-corrected chi connectivity index (χ4v) is 4.25. The molecule has 2 heterocycles. The van der Waals surface area contributed by atoms with Crippen LogP contribution in [0.25, 0.3) is 0 Å². The number of thiocarbonyl (C=S) groups is 1. The minimum absolute atomic E-state index is 0.0313. The van der Waals surface area contributed by atoms with Crippen molar-refractivity contribution in [1.29, 1.82) is 0 Å². The molecule has 0 amide bonds. The number of methoxy groups -OCH3 is 1. The van der Waals surface area contributed by atoms with E-state index in [-0.39, 0.29) is 46.1 Å². The van der Waals surface area contributed by atoms with Crippen molar-refractivity contribution in [2.24, 2.45) is 0 Å². The van der Waals surface area contributed by atoms with Crippen molar-refractivity contribution in [3.05, 3.63) is 41.1 Å². The number of hydrogen-bond acceptors (Lipinski definition) is 8. The Kier molecular flexibility index (Phi) is 5.96. The number of nitrogen functional groups attached to an aromatic ring is 1. The molecule has 1 saturated heterocycles. The van der Waals surface area contributed by atoms with Gasteiger partial charge in [-0.05, 0) is 18.6 Å². The van der Waals surface area contributed by atoms with Gasteiger partial charge in [0.05, 0.1) is 29.4 Å². The van der Waals surface area contributed by atoms with E-state index < -0.39 is 21.7 Å². The van der Waals surface area contributed by atoms with Crippen LogP contribution in [0.3, 0.4) is 0 Å². The van der Waals surface area contributed by atoms with Gasteiger partial charge in [0.25, 0.3) is 0 Å². The minimum Gasteiger partial charge on any atom is -0.496 e. The summed E-state index contributed by atoms with van der Waals surface area (Å²) in [5, 5.41) is 3.02. The lowest BCUT2D eigenvalue weighted by atomic mass is 10.0. The second kappa shape index (κ2) is 8.13. The van der Waals surface area contributed by atoms with Crippen molar-refractivity contribution >= 4 is 38.9 Å². The molecule has 1 aromatic heterocycles. The summed E-state index contributed by atoms with van der Waals surface area (Å²) in [4.78, 5) is 8.16. The van der Waals surface area contributed by atoms with Crippen molar-refractivity contribution < 1.29 is 21.9 Å². The van der Waals surface area contributed by atoms with Crippen LogP contribution in [-0.2, 0) is 10.0 Å². The summed E-state index contributed by atoms with van der Waals surface area (Å²) in [5.74, 6) is -2.01. The Balaban J connectivity index is 1.82. The van der Waals surface area contributed by atoms with Crippen LogP contribution in [-0.4, -0.2) is 60.1 Å². The van der Waals surface area contributed by atoms with E-state index >= 15 is 0 Å². The first-order valence-corrected chi connectivity index (χ1v) is 10.8. The Labute approximate surface area is 172 Å². The van der Waals surface area contributed by atoms with E-state index in [0.29, 0.717) is 13.0 Å². The molecule has 1 fully saturated rings. The van der Waals surface area contributed by atoms with Crippen LogP contribution in [0.5, 0.6) is 5.75 Å². The van der Waals surface area contributed by atoms with Crippen molar-refractivity contribution in [3.8, 4) is 5.75 Å². The highest BCUT2D eigenvalue weighted by Crippen LogP contribution is 2.28. The molecule has 1 aliphatic rings. The molecule has 0 radical (unpaired) electrons. The standard InChI is InChI=1S/C17H19F2N5O3S2/c1-27-12-4-3-11(18)14(19)13(12)15(28)10-7-21-17(23-16(10)20)22-9-5-6-24(8-9)29(2,25)26/h3-4,7,9H,5-6,8H2,1-2H3,(H3,20,21,22,23). The molecule has 3 N–H and O–H groups in total. The first-order valence-electron chi connectivity index (χ1n) is 8.52. The van der Waals surface area contributed by atoms with E-state index in [4.69, 9.17) is 22.7 Å². The van der Waals surface area contributed by atoms with Crippen LogP contribution in [0.1, 0.15) is 17.5 Å². The highest BCUT2D eigenvalue weighted by molar-refractivity contribution is 7.88. The van der Waals surface area contributed by atoms with Gasteiger partial charge in [-0.3, -0.25) is 0 Å². The smallest absolute Gasteiger partial charge is 0.224 e. The predicted molar refractivity (Wildman–Crippen MR) is 109 cm³/mol. The number of nitrogens with two attached hydrogens (primary N) is 1. The fraction of sp³-hybridized carbons (Fsp3) is 0.353. The highest BCUT2D eigenvalue weighted by atomic mass is 32.2. The van der Waals surface area contributed by atoms with E-state index in [1.165, 1.54) is 23.7 Å². The lowest BCUT2D eigenvalue weighted by Gasteiger charge is -2.16. The van der Waals surface area contributed by atoms with E-state index in [1.54, 1.807) is 0 Å². The van der Waals surface area contributed by atoms with Gasteiger partial charge in [0.1, 0.15) is 11.6 Å². The lowest BCUT2D eigenvalue weighted by molar-refractivity contribution is 0.405. The van der Waals surface area contributed by atoms with E-state index in [1.807, 2.05) is 0 Å². The van der Waals surface area contributed by atoms with E-state index in [0.717, 1.165) is 12.3 Å². The van der Waals surface area contributed by atoms with Crippen molar-refractivity contribution in [2.75, 3.05) is 37.5 Å². The molecule has 29 heavy (non-hydrogen) atoms. The van der Waals surface area contributed by atoms with Gasteiger partial charge in [-0.25, -0.2) is 26.5 Å². The van der Waals surface area contributed by atoms with Gasteiger partial charge >= 0.3 is 0 Å². The zero-order valence-corrected chi connectivity index (χ0v) is 17.3.